The molecule has 0 aliphatic rings. The van der Waals surface area contributed by atoms with Crippen LogP contribution >= 0.6 is 12.4 Å². The van der Waals surface area contributed by atoms with Crippen molar-refractivity contribution in [2.45, 2.75) is 6.54 Å². The molecule has 0 saturated heterocycles. The molecule has 3 aromatic heterocycles. The average Bonchev–Trinajstić information content (AvgIpc) is 3.15. The van der Waals surface area contributed by atoms with Gasteiger partial charge >= 0.3 is 6.03 Å². The van der Waals surface area contributed by atoms with E-state index in [0.717, 1.165) is 17.0 Å². The number of amides is 2. The van der Waals surface area contributed by atoms with Crippen molar-refractivity contribution in [2.75, 3.05) is 12.4 Å². The molecule has 0 unspecified atom stereocenters. The minimum atomic E-state index is -0.396. The van der Waals surface area contributed by atoms with Gasteiger partial charge in [-0.1, -0.05) is 6.07 Å². The third-order valence-corrected chi connectivity index (χ3v) is 4.04. The summed E-state index contributed by atoms with van der Waals surface area (Å²) in [5.41, 5.74) is 3.18. The molecule has 0 atom stereocenters. The Balaban J connectivity index is 0.00000240. The summed E-state index contributed by atoms with van der Waals surface area (Å²) in [7, 11) is 1.61. The number of methoxy groups -OCH3 is 1. The second-order valence-electron chi connectivity index (χ2n) is 5.88. The lowest BCUT2D eigenvalue weighted by Gasteiger charge is -2.06. The first-order valence-corrected chi connectivity index (χ1v) is 8.53. The summed E-state index contributed by atoms with van der Waals surface area (Å²) in [6.45, 7) is 0.307. The van der Waals surface area contributed by atoms with E-state index < -0.39 is 6.03 Å². The molecule has 0 radical (unpaired) electrons. The summed E-state index contributed by atoms with van der Waals surface area (Å²) in [6, 6.07) is 12.6. The van der Waals surface area contributed by atoms with Gasteiger partial charge in [0.15, 0.2) is 11.3 Å². The zero-order valence-corrected chi connectivity index (χ0v) is 16.2. The van der Waals surface area contributed by atoms with E-state index in [1.165, 1.54) is 0 Å². The number of halogens is 1. The number of aromatic nitrogens is 5. The lowest BCUT2D eigenvalue weighted by atomic mass is 10.1. The third-order valence-electron chi connectivity index (χ3n) is 4.04. The van der Waals surface area contributed by atoms with Gasteiger partial charge in [-0.3, -0.25) is 15.4 Å². The highest BCUT2D eigenvalue weighted by Gasteiger charge is 2.13. The number of urea groups is 1. The minimum absolute atomic E-state index is 0. The van der Waals surface area contributed by atoms with E-state index in [1.807, 2.05) is 42.5 Å². The lowest BCUT2D eigenvalue weighted by Crippen LogP contribution is -2.28. The molecule has 3 heterocycles. The van der Waals surface area contributed by atoms with Crippen LogP contribution in [0.5, 0.6) is 5.75 Å². The number of hydrogen-bond donors (Lipinski definition) is 3. The molecule has 1 aromatic carbocycles. The lowest BCUT2D eigenvalue weighted by molar-refractivity contribution is 0.251. The predicted octanol–water partition coefficient (Wildman–Crippen LogP) is 3.17. The summed E-state index contributed by atoms with van der Waals surface area (Å²) in [5.74, 6) is 1.13. The molecule has 2 amide bonds. The maximum Gasteiger partial charge on any atom is 0.320 e. The number of aromatic amines is 1. The van der Waals surface area contributed by atoms with Crippen molar-refractivity contribution in [3.05, 3.63) is 60.6 Å². The molecule has 4 aromatic rings. The van der Waals surface area contributed by atoms with Crippen LogP contribution < -0.4 is 15.4 Å². The van der Waals surface area contributed by atoms with Crippen LogP contribution in [0.15, 0.2) is 54.9 Å². The number of pyridine rings is 1. The minimum Gasteiger partial charge on any atom is -0.497 e. The van der Waals surface area contributed by atoms with Crippen molar-refractivity contribution in [1.82, 2.24) is 30.5 Å². The van der Waals surface area contributed by atoms with Crippen molar-refractivity contribution >= 4 is 35.4 Å². The third kappa shape index (κ3) is 4.58. The number of H-pyrrole nitrogens is 1. The van der Waals surface area contributed by atoms with Crippen molar-refractivity contribution in [2.24, 2.45) is 0 Å². The number of benzene rings is 1. The first kappa shape index (κ1) is 20.0. The molecule has 4 rings (SSSR count). The Morgan fingerprint density at radius 2 is 1.97 bits per heavy atom. The summed E-state index contributed by atoms with van der Waals surface area (Å²) in [6.07, 6.45) is 3.31. The molecule has 10 heteroatoms. The fraction of sp³-hybridized carbons (Fsp3) is 0.105. The number of nitrogens with zero attached hydrogens (tertiary/aromatic N) is 4. The average molecular weight is 412 g/mol. The number of fused-ring (bicyclic) bond motifs is 1. The number of hydrogen-bond acceptors (Lipinski definition) is 6. The fourth-order valence-electron chi connectivity index (χ4n) is 2.61. The Morgan fingerprint density at radius 1 is 1.14 bits per heavy atom. The molecule has 0 aliphatic carbocycles. The zero-order chi connectivity index (χ0) is 19.3. The fourth-order valence-corrected chi connectivity index (χ4v) is 2.61. The molecule has 3 N–H and O–H groups in total. The largest absolute Gasteiger partial charge is 0.497 e. The number of carbonyl (C=O) groups is 1. The molecule has 29 heavy (non-hydrogen) atoms. The molecule has 0 saturated carbocycles. The Labute approximate surface area is 172 Å². The van der Waals surface area contributed by atoms with Crippen LogP contribution in [0.3, 0.4) is 0 Å². The van der Waals surface area contributed by atoms with E-state index in [1.54, 1.807) is 19.5 Å². The van der Waals surface area contributed by atoms with Crippen LogP contribution in [-0.2, 0) is 6.54 Å². The van der Waals surface area contributed by atoms with Gasteiger partial charge in [0.25, 0.3) is 0 Å². The Hall–Kier alpha value is -3.72. The second kappa shape index (κ2) is 8.98. The van der Waals surface area contributed by atoms with E-state index in [-0.39, 0.29) is 12.4 Å². The van der Waals surface area contributed by atoms with Gasteiger partial charge in [0.2, 0.25) is 5.65 Å². The van der Waals surface area contributed by atoms with E-state index in [4.69, 9.17) is 4.74 Å². The summed E-state index contributed by atoms with van der Waals surface area (Å²) in [4.78, 5) is 25.2. The topological polar surface area (TPSA) is 118 Å². The van der Waals surface area contributed by atoms with E-state index in [2.05, 4.69) is 35.8 Å². The van der Waals surface area contributed by atoms with Crippen LogP contribution in [0, 0.1) is 0 Å². The van der Waals surface area contributed by atoms with Gasteiger partial charge in [-0.2, -0.15) is 5.10 Å². The molecule has 0 spiro atoms. The number of anilines is 1. The van der Waals surface area contributed by atoms with Crippen LogP contribution in [0.25, 0.3) is 22.4 Å². The quantitative estimate of drug-likeness (QED) is 0.464. The normalized spacial score (nSPS) is 10.2. The highest BCUT2D eigenvalue weighted by atomic mass is 35.5. The highest BCUT2D eigenvalue weighted by molar-refractivity contribution is 5.96. The molecular formula is C19H18ClN7O2. The molecule has 148 valence electrons. The summed E-state index contributed by atoms with van der Waals surface area (Å²) in [5, 5.41) is 12.3. The standard InChI is InChI=1S/C19H17N7O2.ClH/c1-28-14-7-5-12(6-8-14)15-11-21-17-16(23-15)18(26-25-17)24-19(27)22-10-13-4-2-3-9-20-13;/h2-9,11H,10H2,1H3,(H3,21,22,24,25,26,27);1H. The first-order valence-electron chi connectivity index (χ1n) is 8.53. The van der Waals surface area contributed by atoms with Gasteiger partial charge in [0, 0.05) is 11.8 Å². The van der Waals surface area contributed by atoms with E-state index >= 15 is 0 Å². The van der Waals surface area contributed by atoms with Gasteiger partial charge in [0.05, 0.1) is 31.2 Å². The molecular weight excluding hydrogens is 394 g/mol. The van der Waals surface area contributed by atoms with Gasteiger partial charge in [-0.05, 0) is 36.4 Å². The first-order chi connectivity index (χ1) is 13.7. The van der Waals surface area contributed by atoms with Crippen LogP contribution in [-0.4, -0.2) is 38.3 Å². The zero-order valence-electron chi connectivity index (χ0n) is 15.4. The molecule has 9 nitrogen and oxygen atoms in total. The number of nitrogens with one attached hydrogen (secondary N) is 3. The summed E-state index contributed by atoms with van der Waals surface area (Å²) < 4.78 is 5.17. The van der Waals surface area contributed by atoms with Crippen LogP contribution in [0.1, 0.15) is 5.69 Å². The summed E-state index contributed by atoms with van der Waals surface area (Å²) >= 11 is 0. The van der Waals surface area contributed by atoms with E-state index in [9.17, 15) is 4.79 Å². The van der Waals surface area contributed by atoms with Crippen molar-refractivity contribution in [1.29, 1.82) is 0 Å². The number of ether oxygens (including phenoxy) is 1. The SMILES string of the molecule is COc1ccc(-c2cnc3n[nH]c(NC(=O)NCc4ccccn4)c3n2)cc1.Cl. The second-order valence-corrected chi connectivity index (χ2v) is 5.88. The Kier molecular flexibility index (Phi) is 6.20. The van der Waals surface area contributed by atoms with Crippen molar-refractivity contribution in [3.63, 3.8) is 0 Å². The van der Waals surface area contributed by atoms with Crippen LogP contribution in [0.2, 0.25) is 0 Å². The van der Waals surface area contributed by atoms with Gasteiger partial charge in [0.1, 0.15) is 5.75 Å². The highest BCUT2D eigenvalue weighted by Crippen LogP contribution is 2.24. The van der Waals surface area contributed by atoms with Crippen molar-refractivity contribution < 1.29 is 9.53 Å². The maximum absolute atomic E-state index is 12.2. The van der Waals surface area contributed by atoms with Gasteiger partial charge in [-0.25, -0.2) is 14.8 Å². The Morgan fingerprint density at radius 3 is 2.69 bits per heavy atom. The number of rotatable bonds is 5. The molecule has 0 aliphatic heterocycles. The van der Waals surface area contributed by atoms with Crippen LogP contribution in [0.4, 0.5) is 10.6 Å². The number of carbonyl (C=O) groups excluding carboxylic acids is 1. The molecule has 0 fully saturated rings. The van der Waals surface area contributed by atoms with Crippen molar-refractivity contribution in [3.8, 4) is 17.0 Å². The maximum atomic E-state index is 12.2. The predicted molar refractivity (Wildman–Crippen MR) is 111 cm³/mol. The van der Waals surface area contributed by atoms with E-state index in [0.29, 0.717) is 29.2 Å². The smallest absolute Gasteiger partial charge is 0.320 e. The molecule has 0 bridgehead atoms. The van der Waals surface area contributed by atoms with Gasteiger partial charge < -0.3 is 10.1 Å². The van der Waals surface area contributed by atoms with Gasteiger partial charge in [-0.15, -0.1) is 12.4 Å². The monoisotopic (exact) mass is 411 g/mol. The Bertz CT molecular complexity index is 1100.